The second-order valence-electron chi connectivity index (χ2n) is 14.5. The first-order valence-corrected chi connectivity index (χ1v) is 18.1. The van der Waals surface area contributed by atoms with Gasteiger partial charge >= 0.3 is 12.2 Å². The second-order valence-corrected chi connectivity index (χ2v) is 14.5. The second kappa shape index (κ2) is 18.4. The molecule has 54 heavy (non-hydrogen) atoms. The van der Waals surface area contributed by atoms with Crippen molar-refractivity contribution in [1.82, 2.24) is 31.2 Å². The lowest BCUT2D eigenvalue weighted by molar-refractivity contribution is -0.126. The zero-order valence-corrected chi connectivity index (χ0v) is 32.6. The van der Waals surface area contributed by atoms with E-state index in [2.05, 4.69) is 40.7 Å². The molecule has 4 N–H and O–H groups in total. The van der Waals surface area contributed by atoms with Gasteiger partial charge in [0.25, 0.3) is 0 Å². The molecule has 4 atom stereocenters. The highest BCUT2D eigenvalue weighted by atomic mass is 16.5. The molecule has 0 spiro atoms. The molecule has 0 aliphatic heterocycles. The molecule has 0 fully saturated rings. The molecule has 0 radical (unpaired) electrons. The van der Waals surface area contributed by atoms with Crippen molar-refractivity contribution in [3.05, 3.63) is 72.7 Å². The molecule has 0 unspecified atom stereocenters. The van der Waals surface area contributed by atoms with E-state index in [9.17, 15) is 19.2 Å². The van der Waals surface area contributed by atoms with Crippen molar-refractivity contribution in [2.24, 2.45) is 23.7 Å². The van der Waals surface area contributed by atoms with Crippen LogP contribution in [0, 0.1) is 23.7 Å². The smallest absolute Gasteiger partial charge is 0.407 e. The number of alkyl carbamates (subject to hydrolysis) is 2. The van der Waals surface area contributed by atoms with E-state index in [0.717, 1.165) is 22.3 Å². The average Bonchev–Trinajstić information content (AvgIpc) is 3.84. The predicted molar refractivity (Wildman–Crippen MR) is 203 cm³/mol. The zero-order valence-electron chi connectivity index (χ0n) is 32.6. The third-order valence-corrected chi connectivity index (χ3v) is 9.00. The Kier molecular flexibility index (Phi) is 14.0. The fourth-order valence-electron chi connectivity index (χ4n) is 5.74. The molecular weight excluding hydrogens is 692 g/mol. The van der Waals surface area contributed by atoms with Gasteiger partial charge in [-0.15, -0.1) is 0 Å². The number of ether oxygens (including phenoxy) is 2. The van der Waals surface area contributed by atoms with Gasteiger partial charge in [-0.05, 0) is 34.8 Å². The number of carbonyl (C=O) groups excluding carboxylic acids is 4. The van der Waals surface area contributed by atoms with E-state index in [1.54, 1.807) is 12.4 Å². The lowest BCUT2D eigenvalue weighted by atomic mass is 10.0. The van der Waals surface area contributed by atoms with Crippen molar-refractivity contribution in [2.45, 2.75) is 79.6 Å². The summed E-state index contributed by atoms with van der Waals surface area (Å²) in [7, 11) is 2.50. The molecule has 14 nitrogen and oxygen atoms in total. The van der Waals surface area contributed by atoms with Gasteiger partial charge in [0.1, 0.15) is 24.2 Å². The molecule has 0 saturated heterocycles. The lowest BCUT2D eigenvalue weighted by Gasteiger charge is -2.25. The molecule has 0 saturated carbocycles. The Balaban J connectivity index is 1.45. The molecule has 4 aromatic rings. The number of benzene rings is 2. The van der Waals surface area contributed by atoms with E-state index < -0.39 is 36.4 Å². The van der Waals surface area contributed by atoms with Gasteiger partial charge in [-0.2, -0.15) is 0 Å². The highest BCUT2D eigenvalue weighted by Gasteiger charge is 2.32. The molecule has 2 heterocycles. The van der Waals surface area contributed by atoms with E-state index in [0.29, 0.717) is 23.3 Å². The Morgan fingerprint density at radius 3 is 1.09 bits per heavy atom. The summed E-state index contributed by atoms with van der Waals surface area (Å²) in [6.45, 7) is 15.2. The van der Waals surface area contributed by atoms with Gasteiger partial charge in [0.15, 0.2) is 11.5 Å². The van der Waals surface area contributed by atoms with Gasteiger partial charge in [0, 0.05) is 11.1 Å². The zero-order chi connectivity index (χ0) is 39.7. The first-order valence-electron chi connectivity index (χ1n) is 18.1. The molecule has 2 aromatic carbocycles. The predicted octanol–water partition coefficient (Wildman–Crippen LogP) is 7.05. The minimum Gasteiger partial charge on any atom is -0.453 e. The molecule has 2 aromatic heterocycles. The Morgan fingerprint density at radius 1 is 0.500 bits per heavy atom. The van der Waals surface area contributed by atoms with Gasteiger partial charge < -0.3 is 39.6 Å². The van der Waals surface area contributed by atoms with Crippen LogP contribution in [0.3, 0.4) is 0 Å². The molecule has 4 rings (SSSR count). The van der Waals surface area contributed by atoms with Crippen LogP contribution in [0.5, 0.6) is 0 Å². The molecule has 0 bridgehead atoms. The molecule has 0 aliphatic carbocycles. The fraction of sp³-hybridized carbons (Fsp3) is 0.450. The van der Waals surface area contributed by atoms with Crippen LogP contribution in [0.15, 0.2) is 69.8 Å². The number of nitrogens with one attached hydrogen (secondary N) is 4. The van der Waals surface area contributed by atoms with Crippen molar-refractivity contribution in [3.8, 4) is 33.8 Å². The Bertz CT molecular complexity index is 1730. The van der Waals surface area contributed by atoms with Crippen LogP contribution in [-0.4, -0.2) is 60.3 Å². The number of amides is 4. The van der Waals surface area contributed by atoms with Crippen molar-refractivity contribution >= 4 is 24.0 Å². The summed E-state index contributed by atoms with van der Waals surface area (Å²) in [5, 5.41) is 11.1. The summed E-state index contributed by atoms with van der Waals surface area (Å²) in [5.41, 5.74) is 3.60. The van der Waals surface area contributed by atoms with Crippen LogP contribution < -0.4 is 21.3 Å². The largest absolute Gasteiger partial charge is 0.453 e. The number of carbonyl (C=O) groups is 4. The summed E-state index contributed by atoms with van der Waals surface area (Å²) in [6.07, 6.45) is 1.91. The summed E-state index contributed by atoms with van der Waals surface area (Å²) < 4.78 is 21.7. The van der Waals surface area contributed by atoms with Crippen molar-refractivity contribution in [3.63, 3.8) is 0 Å². The van der Waals surface area contributed by atoms with E-state index in [4.69, 9.17) is 8.83 Å². The maximum Gasteiger partial charge on any atom is 0.407 e. The highest BCUT2D eigenvalue weighted by molar-refractivity contribution is 5.87. The van der Waals surface area contributed by atoms with Gasteiger partial charge in [-0.3, -0.25) is 9.59 Å². The quantitative estimate of drug-likeness (QED) is 0.0982. The Hall–Kier alpha value is -5.66. The molecule has 290 valence electrons. The third kappa shape index (κ3) is 10.3. The summed E-state index contributed by atoms with van der Waals surface area (Å²) in [4.78, 5) is 58.9. The van der Waals surface area contributed by atoms with Crippen molar-refractivity contribution in [1.29, 1.82) is 0 Å². The Morgan fingerprint density at radius 2 is 0.815 bits per heavy atom. The summed E-state index contributed by atoms with van der Waals surface area (Å²) >= 11 is 0. The average molecular weight is 745 g/mol. The first kappa shape index (κ1) is 41.1. The normalized spacial score (nSPS) is 13.7. The fourth-order valence-corrected chi connectivity index (χ4v) is 5.74. The molecular formula is C40H52N6O8. The summed E-state index contributed by atoms with van der Waals surface area (Å²) in [5.74, 6) is 0.678. The maximum absolute atomic E-state index is 13.1. The van der Waals surface area contributed by atoms with Gasteiger partial charge in [0.2, 0.25) is 23.6 Å². The van der Waals surface area contributed by atoms with E-state index in [-0.39, 0.29) is 35.5 Å². The summed E-state index contributed by atoms with van der Waals surface area (Å²) in [6, 6.07) is 13.1. The number of oxazole rings is 2. The van der Waals surface area contributed by atoms with E-state index >= 15 is 0 Å². The van der Waals surface area contributed by atoms with Crippen LogP contribution in [0.4, 0.5) is 9.59 Å². The van der Waals surface area contributed by atoms with E-state index in [1.807, 2.05) is 104 Å². The molecule has 4 amide bonds. The minimum atomic E-state index is -0.790. The van der Waals surface area contributed by atoms with Crippen LogP contribution in [0.1, 0.15) is 79.3 Å². The number of nitrogens with zero attached hydrogens (tertiary/aromatic N) is 2. The number of hydrogen-bond donors (Lipinski definition) is 4. The number of hydrogen-bond acceptors (Lipinski definition) is 10. The van der Waals surface area contributed by atoms with Crippen LogP contribution in [0.25, 0.3) is 33.8 Å². The van der Waals surface area contributed by atoms with Crippen LogP contribution in [-0.2, 0) is 19.1 Å². The minimum absolute atomic E-state index is 0.0443. The van der Waals surface area contributed by atoms with Gasteiger partial charge in [0.05, 0.1) is 26.6 Å². The van der Waals surface area contributed by atoms with Crippen molar-refractivity contribution < 1.29 is 37.5 Å². The monoisotopic (exact) mass is 744 g/mol. The van der Waals surface area contributed by atoms with Crippen LogP contribution in [0.2, 0.25) is 0 Å². The number of aromatic nitrogens is 2. The van der Waals surface area contributed by atoms with Crippen LogP contribution >= 0.6 is 0 Å². The highest BCUT2D eigenvalue weighted by Crippen LogP contribution is 2.31. The first-order chi connectivity index (χ1) is 25.6. The van der Waals surface area contributed by atoms with E-state index in [1.165, 1.54) is 14.2 Å². The SMILES string of the molecule is COC(=O)N[C@@H](C(=O)N[C@H](c1ncc(-c2ccc(-c3ccc(-c4cnc([C@@H](NC(=O)[C@H](NC(=O)OC)C(C)C)C(C)C)o4)cc3)cc2)o1)C(C)C)C(C)C. The number of rotatable bonds is 15. The van der Waals surface area contributed by atoms with Gasteiger partial charge in [-0.1, -0.05) is 104 Å². The number of methoxy groups -OCH3 is 2. The van der Waals surface area contributed by atoms with Gasteiger partial charge in [-0.25, -0.2) is 19.6 Å². The Labute approximate surface area is 316 Å². The molecule has 0 aliphatic rings. The molecule has 14 heteroatoms. The topological polar surface area (TPSA) is 187 Å². The maximum atomic E-state index is 13.1. The third-order valence-electron chi connectivity index (χ3n) is 9.00. The van der Waals surface area contributed by atoms with Crippen molar-refractivity contribution in [2.75, 3.05) is 14.2 Å². The lowest BCUT2D eigenvalue weighted by Crippen LogP contribution is -2.51. The standard InChI is InChI=1S/C40H52N6O8/c1-21(2)31(45-39(49)51-9)35(47)43-33(23(5)6)37-41-19-29(53-37)27-15-11-25(12-16-27)26-13-17-28(18-14-26)30-20-42-38(54-30)34(24(7)8)44-36(48)32(22(3)4)46-40(50)52-10/h11-24,31-34H,1-10H3,(H,43,47)(H,44,48)(H,45,49)(H,46,50)/t31-,32-,33+,34+/m1/s1.